The van der Waals surface area contributed by atoms with Crippen molar-refractivity contribution in [3.63, 3.8) is 0 Å². The van der Waals surface area contributed by atoms with Crippen LogP contribution in [0.3, 0.4) is 0 Å². The fourth-order valence-electron chi connectivity index (χ4n) is 4.02. The highest BCUT2D eigenvalue weighted by atomic mass is 35.5. The number of amides is 3. The molecule has 2 aliphatic rings. The van der Waals surface area contributed by atoms with Crippen LogP contribution in [0, 0.1) is 5.92 Å². The quantitative estimate of drug-likeness (QED) is 0.827. The lowest BCUT2D eigenvalue weighted by molar-refractivity contribution is -0.126. The van der Waals surface area contributed by atoms with E-state index < -0.39 is 6.04 Å². The fraction of sp³-hybridized carbons (Fsp3) is 0.600. The van der Waals surface area contributed by atoms with Crippen LogP contribution in [-0.4, -0.2) is 60.5 Å². The van der Waals surface area contributed by atoms with Gasteiger partial charge in [-0.1, -0.05) is 30.7 Å². The molecule has 1 aromatic carbocycles. The molecule has 0 saturated carbocycles. The molecule has 2 heterocycles. The van der Waals surface area contributed by atoms with Gasteiger partial charge >= 0.3 is 6.03 Å². The van der Waals surface area contributed by atoms with Gasteiger partial charge in [0, 0.05) is 18.1 Å². The Labute approximate surface area is 166 Å². The minimum Gasteiger partial charge on any atom is -0.353 e. The van der Waals surface area contributed by atoms with Gasteiger partial charge in [0.2, 0.25) is 5.91 Å². The molecule has 2 fully saturated rings. The van der Waals surface area contributed by atoms with Gasteiger partial charge in [0.25, 0.3) is 0 Å². The lowest BCUT2D eigenvalue weighted by Gasteiger charge is -2.38. The molecule has 0 radical (unpaired) electrons. The van der Waals surface area contributed by atoms with Crippen LogP contribution in [0.25, 0.3) is 0 Å². The molecule has 3 amide bonds. The highest BCUT2D eigenvalue weighted by molar-refractivity contribution is 6.30. The molecule has 7 heteroatoms. The van der Waals surface area contributed by atoms with E-state index in [1.54, 1.807) is 11.8 Å². The first-order valence-corrected chi connectivity index (χ1v) is 10.2. The van der Waals surface area contributed by atoms with Crippen molar-refractivity contribution in [2.24, 2.45) is 5.92 Å². The fourth-order valence-corrected chi connectivity index (χ4v) is 4.15. The zero-order valence-corrected chi connectivity index (χ0v) is 16.8. The van der Waals surface area contributed by atoms with Crippen molar-refractivity contribution in [3.05, 3.63) is 34.9 Å². The number of halogens is 1. The third kappa shape index (κ3) is 4.74. The van der Waals surface area contributed by atoms with E-state index in [0.717, 1.165) is 38.0 Å². The minimum absolute atomic E-state index is 0.0778. The predicted octanol–water partition coefficient (Wildman–Crippen LogP) is 2.64. The molecule has 3 rings (SSSR count). The van der Waals surface area contributed by atoms with E-state index >= 15 is 0 Å². The lowest BCUT2D eigenvalue weighted by Crippen LogP contribution is -2.59. The Hall–Kier alpha value is -1.79. The van der Waals surface area contributed by atoms with Gasteiger partial charge in [-0.25, -0.2) is 4.79 Å². The van der Waals surface area contributed by atoms with Crippen LogP contribution in [0.5, 0.6) is 0 Å². The number of benzene rings is 1. The summed E-state index contributed by atoms with van der Waals surface area (Å²) in [5.74, 6) is 0.266. The molecule has 2 atom stereocenters. The number of piperidine rings is 1. The number of carbonyl (C=O) groups excluding carboxylic acids is 2. The van der Waals surface area contributed by atoms with Crippen LogP contribution in [0.4, 0.5) is 4.79 Å². The van der Waals surface area contributed by atoms with Crippen LogP contribution in [0.2, 0.25) is 5.02 Å². The van der Waals surface area contributed by atoms with Gasteiger partial charge in [-0.15, -0.1) is 0 Å². The van der Waals surface area contributed by atoms with Gasteiger partial charge in [-0.3, -0.25) is 4.79 Å². The van der Waals surface area contributed by atoms with Crippen LogP contribution in [0.15, 0.2) is 24.3 Å². The van der Waals surface area contributed by atoms with Crippen molar-refractivity contribution in [1.29, 1.82) is 0 Å². The lowest BCUT2D eigenvalue weighted by atomic mass is 9.85. The number of nitrogens with one attached hydrogen (secondary N) is 2. The first kappa shape index (κ1) is 20.0. The Morgan fingerprint density at radius 3 is 2.56 bits per heavy atom. The molecule has 0 spiro atoms. The van der Waals surface area contributed by atoms with Crippen molar-refractivity contribution < 1.29 is 9.59 Å². The Kier molecular flexibility index (Phi) is 6.60. The molecule has 0 bridgehead atoms. The maximum atomic E-state index is 13.0. The molecule has 6 nitrogen and oxygen atoms in total. The number of urea groups is 1. The first-order valence-electron chi connectivity index (χ1n) is 9.82. The maximum Gasteiger partial charge on any atom is 0.318 e. The number of hydrogen-bond acceptors (Lipinski definition) is 3. The van der Waals surface area contributed by atoms with Crippen LogP contribution in [-0.2, 0) is 4.79 Å². The third-order valence-electron chi connectivity index (χ3n) is 5.82. The monoisotopic (exact) mass is 392 g/mol. The summed E-state index contributed by atoms with van der Waals surface area (Å²) in [5.41, 5.74) is 1.07. The maximum absolute atomic E-state index is 13.0. The second-order valence-corrected chi connectivity index (χ2v) is 7.85. The molecule has 2 saturated heterocycles. The Bertz CT molecular complexity index is 658. The number of nitrogens with zero attached hydrogens (tertiary/aromatic N) is 2. The number of hydrogen-bond donors (Lipinski definition) is 2. The Morgan fingerprint density at radius 1 is 1.26 bits per heavy atom. The highest BCUT2D eigenvalue weighted by Gasteiger charge is 2.33. The summed E-state index contributed by atoms with van der Waals surface area (Å²) in [6.07, 6.45) is 2.08. The molecule has 1 unspecified atom stereocenters. The summed E-state index contributed by atoms with van der Waals surface area (Å²) >= 11 is 6.06. The summed E-state index contributed by atoms with van der Waals surface area (Å²) in [6.45, 7) is 8.13. The number of carbonyl (C=O) groups is 2. The van der Waals surface area contributed by atoms with Crippen LogP contribution in [0.1, 0.15) is 38.3 Å². The minimum atomic E-state index is -0.452. The van der Waals surface area contributed by atoms with Crippen molar-refractivity contribution in [3.8, 4) is 0 Å². The van der Waals surface area contributed by atoms with Crippen molar-refractivity contribution >= 4 is 23.5 Å². The average Bonchev–Trinajstić information content (AvgIpc) is 2.69. The molecular weight excluding hydrogens is 364 g/mol. The summed E-state index contributed by atoms with van der Waals surface area (Å²) in [4.78, 5) is 29.0. The molecule has 0 aliphatic carbocycles. The zero-order valence-electron chi connectivity index (χ0n) is 16.1. The van der Waals surface area contributed by atoms with E-state index in [4.69, 9.17) is 11.6 Å². The molecule has 1 aromatic rings. The normalized spacial score (nSPS) is 23.0. The van der Waals surface area contributed by atoms with Crippen molar-refractivity contribution in [1.82, 2.24) is 20.4 Å². The van der Waals surface area contributed by atoms with Gasteiger partial charge in [0.1, 0.15) is 6.04 Å². The van der Waals surface area contributed by atoms with E-state index in [1.165, 1.54) is 0 Å². The van der Waals surface area contributed by atoms with Crippen molar-refractivity contribution in [2.75, 3.05) is 32.7 Å². The number of likely N-dealkylation sites (tertiary alicyclic amines) is 1. The molecule has 148 valence electrons. The zero-order chi connectivity index (χ0) is 19.4. The molecule has 2 N–H and O–H groups in total. The van der Waals surface area contributed by atoms with Gasteiger partial charge < -0.3 is 20.4 Å². The highest BCUT2D eigenvalue weighted by Crippen LogP contribution is 2.32. The summed E-state index contributed by atoms with van der Waals surface area (Å²) in [6, 6.07) is 7.02. The van der Waals surface area contributed by atoms with E-state index in [9.17, 15) is 9.59 Å². The van der Waals surface area contributed by atoms with E-state index in [-0.39, 0.29) is 18.0 Å². The smallest absolute Gasteiger partial charge is 0.318 e. The topological polar surface area (TPSA) is 64.7 Å². The van der Waals surface area contributed by atoms with Gasteiger partial charge in [0.15, 0.2) is 0 Å². The van der Waals surface area contributed by atoms with Gasteiger partial charge in [-0.2, -0.15) is 0 Å². The third-order valence-corrected chi connectivity index (χ3v) is 6.07. The van der Waals surface area contributed by atoms with Crippen LogP contribution >= 0.6 is 11.6 Å². The summed E-state index contributed by atoms with van der Waals surface area (Å²) in [7, 11) is 0. The molecule has 27 heavy (non-hydrogen) atoms. The summed E-state index contributed by atoms with van der Waals surface area (Å²) < 4.78 is 0. The van der Waals surface area contributed by atoms with Crippen LogP contribution < -0.4 is 10.6 Å². The largest absolute Gasteiger partial charge is 0.353 e. The average molecular weight is 393 g/mol. The summed E-state index contributed by atoms with van der Waals surface area (Å²) in [5, 5.41) is 6.71. The van der Waals surface area contributed by atoms with E-state index in [1.807, 2.05) is 24.3 Å². The van der Waals surface area contributed by atoms with E-state index in [2.05, 4.69) is 22.5 Å². The first-order chi connectivity index (χ1) is 13.0. The Balaban J connectivity index is 1.76. The number of rotatable bonds is 4. The van der Waals surface area contributed by atoms with E-state index in [0.29, 0.717) is 24.0 Å². The SMILES string of the molecule is CCN1CCC(C(NC(=O)N2CCNC(=O)[C@H]2C)c2ccc(Cl)cc2)CC1. The molecule has 0 aromatic heterocycles. The second-order valence-electron chi connectivity index (χ2n) is 7.41. The standard InChI is InChI=1S/C20H29ClN4O2/c1-3-24-11-8-16(9-12-24)18(15-4-6-17(21)7-5-15)23-20(27)25-13-10-22-19(26)14(25)2/h4-7,14,16,18H,3,8-13H2,1-2H3,(H,22,26)(H,23,27)/t14-,18?/m1/s1. The number of piperazine rings is 1. The molecule has 2 aliphatic heterocycles. The molecular formula is C20H29ClN4O2. The Morgan fingerprint density at radius 2 is 1.93 bits per heavy atom. The van der Waals surface area contributed by atoms with Crippen molar-refractivity contribution in [2.45, 2.75) is 38.8 Å². The van der Waals surface area contributed by atoms with Gasteiger partial charge in [0.05, 0.1) is 6.04 Å². The second kappa shape index (κ2) is 8.93. The van der Waals surface area contributed by atoms with Gasteiger partial charge in [-0.05, 0) is 63.0 Å². The predicted molar refractivity (Wildman–Crippen MR) is 107 cm³/mol.